The van der Waals surface area contributed by atoms with Gasteiger partial charge in [0.25, 0.3) is 0 Å². The number of carbonyl (C=O) groups excluding carboxylic acids is 1. The molecule has 3 fully saturated rings. The van der Waals surface area contributed by atoms with Crippen LogP contribution in [0.2, 0.25) is 0 Å². The quantitative estimate of drug-likeness (QED) is 0.802. The topological polar surface area (TPSA) is 58.4 Å². The molecule has 1 spiro atoms. The number of carbonyl (C=O) groups is 1. The Balaban J connectivity index is 1.61. The van der Waals surface area contributed by atoms with Crippen molar-refractivity contribution in [2.75, 3.05) is 26.7 Å². The van der Waals surface area contributed by atoms with Crippen LogP contribution in [0.15, 0.2) is 0 Å². The van der Waals surface area contributed by atoms with Crippen molar-refractivity contribution in [3.63, 3.8) is 0 Å². The number of primary amides is 1. The van der Waals surface area contributed by atoms with Crippen molar-refractivity contribution in [3.8, 4) is 0 Å². The summed E-state index contributed by atoms with van der Waals surface area (Å²) in [4.78, 5) is 14.5. The van der Waals surface area contributed by atoms with Crippen molar-refractivity contribution < 1.29 is 4.79 Å². The second-order valence-corrected chi connectivity index (χ2v) is 7.34. The van der Waals surface area contributed by atoms with Crippen LogP contribution in [-0.2, 0) is 4.79 Å². The minimum Gasteiger partial charge on any atom is -0.368 e. The molecule has 3 N–H and O–H groups in total. The number of rotatable bonds is 5. The van der Waals surface area contributed by atoms with E-state index in [4.69, 9.17) is 5.73 Å². The van der Waals surface area contributed by atoms with Gasteiger partial charge in [-0.25, -0.2) is 0 Å². The summed E-state index contributed by atoms with van der Waals surface area (Å²) in [6, 6.07) is 0. The maximum absolute atomic E-state index is 12.0. The normalized spacial score (nSPS) is 29.4. The highest BCUT2D eigenvalue weighted by Gasteiger charge is 2.50. The minimum absolute atomic E-state index is 0.163. The molecule has 1 atom stereocenters. The number of nitrogens with two attached hydrogens (primary N) is 1. The smallest absolute Gasteiger partial charge is 0.239 e. The number of nitrogens with one attached hydrogen (secondary N) is 1. The Morgan fingerprint density at radius 2 is 1.85 bits per heavy atom. The van der Waals surface area contributed by atoms with Crippen molar-refractivity contribution in [3.05, 3.63) is 0 Å². The van der Waals surface area contributed by atoms with Gasteiger partial charge < -0.3 is 16.0 Å². The summed E-state index contributed by atoms with van der Waals surface area (Å²) in [5, 5.41) is 3.27. The van der Waals surface area contributed by atoms with Gasteiger partial charge in [-0.15, -0.1) is 0 Å². The molecule has 0 aromatic rings. The fourth-order valence-corrected chi connectivity index (χ4v) is 4.55. The molecule has 4 heteroatoms. The van der Waals surface area contributed by atoms with Crippen LogP contribution < -0.4 is 11.1 Å². The zero-order valence-electron chi connectivity index (χ0n) is 12.8. The lowest BCUT2D eigenvalue weighted by Gasteiger charge is -2.43. The molecule has 4 nitrogen and oxygen atoms in total. The first-order chi connectivity index (χ1) is 9.60. The Bertz CT molecular complexity index is 364. The third kappa shape index (κ3) is 2.48. The number of nitrogens with zero attached hydrogens (tertiary/aromatic N) is 1. The van der Waals surface area contributed by atoms with E-state index in [9.17, 15) is 4.79 Å². The number of amides is 1. The Labute approximate surface area is 122 Å². The molecule has 3 aliphatic rings. The van der Waals surface area contributed by atoms with Gasteiger partial charge >= 0.3 is 0 Å². The van der Waals surface area contributed by atoms with Crippen LogP contribution in [0, 0.1) is 11.3 Å². The van der Waals surface area contributed by atoms with E-state index in [1.54, 1.807) is 0 Å². The van der Waals surface area contributed by atoms with Gasteiger partial charge in [0.1, 0.15) is 5.54 Å². The summed E-state index contributed by atoms with van der Waals surface area (Å²) in [5.74, 6) is 0.288. The fraction of sp³-hybridized carbons (Fsp3) is 0.938. The molecule has 3 rings (SSSR count). The Hall–Kier alpha value is -0.610. The van der Waals surface area contributed by atoms with Gasteiger partial charge in [-0.1, -0.05) is 12.8 Å². The lowest BCUT2D eigenvalue weighted by atomic mass is 9.76. The molecule has 0 bridgehead atoms. The van der Waals surface area contributed by atoms with E-state index in [1.165, 1.54) is 38.5 Å². The van der Waals surface area contributed by atoms with Gasteiger partial charge in [-0.3, -0.25) is 4.79 Å². The summed E-state index contributed by atoms with van der Waals surface area (Å²) in [5.41, 5.74) is 5.89. The molecule has 20 heavy (non-hydrogen) atoms. The highest BCUT2D eigenvalue weighted by molar-refractivity contribution is 5.86. The van der Waals surface area contributed by atoms with Crippen molar-refractivity contribution in [1.82, 2.24) is 10.2 Å². The molecule has 0 radical (unpaired) electrons. The average Bonchev–Trinajstić information content (AvgIpc) is 3.20. The molecule has 2 aliphatic carbocycles. The SMILES string of the molecule is CNC(CN1CCC2(CCCC2)CC1)(C(N)=O)C1CC1. The van der Waals surface area contributed by atoms with Gasteiger partial charge in [0.15, 0.2) is 0 Å². The van der Waals surface area contributed by atoms with Crippen molar-refractivity contribution >= 4 is 5.91 Å². The van der Waals surface area contributed by atoms with E-state index in [0.717, 1.165) is 32.5 Å². The van der Waals surface area contributed by atoms with E-state index in [-0.39, 0.29) is 5.91 Å². The molecule has 114 valence electrons. The summed E-state index contributed by atoms with van der Waals surface area (Å²) in [6.07, 6.45) is 10.6. The lowest BCUT2D eigenvalue weighted by Crippen LogP contribution is -2.63. The Morgan fingerprint density at radius 1 is 1.25 bits per heavy atom. The zero-order valence-corrected chi connectivity index (χ0v) is 12.8. The molecule has 1 unspecified atom stereocenters. The maximum Gasteiger partial charge on any atom is 0.239 e. The van der Waals surface area contributed by atoms with Gasteiger partial charge in [0.05, 0.1) is 0 Å². The molecular weight excluding hydrogens is 250 g/mol. The van der Waals surface area contributed by atoms with Crippen molar-refractivity contribution in [1.29, 1.82) is 0 Å². The molecule has 1 saturated heterocycles. The van der Waals surface area contributed by atoms with Crippen LogP contribution in [0.1, 0.15) is 51.4 Å². The number of piperidine rings is 1. The van der Waals surface area contributed by atoms with Crippen LogP contribution in [0.5, 0.6) is 0 Å². The summed E-state index contributed by atoms with van der Waals surface area (Å²) in [7, 11) is 1.89. The monoisotopic (exact) mass is 279 g/mol. The second-order valence-electron chi connectivity index (χ2n) is 7.34. The number of hydrogen-bond donors (Lipinski definition) is 2. The first-order valence-electron chi connectivity index (χ1n) is 8.31. The largest absolute Gasteiger partial charge is 0.368 e. The first kappa shape index (κ1) is 14.3. The molecule has 1 aliphatic heterocycles. The van der Waals surface area contributed by atoms with Gasteiger partial charge in [-0.05, 0) is 70.0 Å². The van der Waals surface area contributed by atoms with Gasteiger partial charge in [-0.2, -0.15) is 0 Å². The van der Waals surface area contributed by atoms with Crippen molar-refractivity contribution in [2.24, 2.45) is 17.1 Å². The van der Waals surface area contributed by atoms with Crippen LogP contribution >= 0.6 is 0 Å². The van der Waals surface area contributed by atoms with Gasteiger partial charge in [0.2, 0.25) is 5.91 Å². The van der Waals surface area contributed by atoms with Gasteiger partial charge in [0, 0.05) is 6.54 Å². The van der Waals surface area contributed by atoms with Crippen LogP contribution in [0.4, 0.5) is 0 Å². The molecule has 1 amide bonds. The highest BCUT2D eigenvalue weighted by Crippen LogP contribution is 2.47. The summed E-state index contributed by atoms with van der Waals surface area (Å²) < 4.78 is 0. The fourth-order valence-electron chi connectivity index (χ4n) is 4.55. The molecule has 1 heterocycles. The molecular formula is C16H29N3O. The first-order valence-corrected chi connectivity index (χ1v) is 8.31. The highest BCUT2D eigenvalue weighted by atomic mass is 16.1. The minimum atomic E-state index is -0.486. The predicted molar refractivity (Wildman–Crippen MR) is 80.3 cm³/mol. The summed E-state index contributed by atoms with van der Waals surface area (Å²) >= 11 is 0. The van der Waals surface area contributed by atoms with E-state index < -0.39 is 5.54 Å². The van der Waals surface area contributed by atoms with E-state index in [0.29, 0.717) is 11.3 Å². The lowest BCUT2D eigenvalue weighted by molar-refractivity contribution is -0.126. The number of likely N-dealkylation sites (N-methyl/N-ethyl adjacent to an activating group) is 1. The standard InChI is InChI=1S/C16H29N3O/c1-18-16(14(17)20,13-4-5-13)12-19-10-8-15(9-11-19)6-2-3-7-15/h13,18H,2-12H2,1H3,(H2,17,20). The third-order valence-electron chi connectivity index (χ3n) is 6.21. The van der Waals surface area contributed by atoms with Crippen LogP contribution in [0.3, 0.4) is 0 Å². The van der Waals surface area contributed by atoms with E-state index in [1.807, 2.05) is 7.05 Å². The number of likely N-dealkylation sites (tertiary alicyclic amines) is 1. The van der Waals surface area contributed by atoms with E-state index >= 15 is 0 Å². The Morgan fingerprint density at radius 3 is 2.30 bits per heavy atom. The average molecular weight is 279 g/mol. The molecule has 0 aromatic heterocycles. The predicted octanol–water partition coefficient (Wildman–Crippen LogP) is 1.50. The third-order valence-corrected chi connectivity index (χ3v) is 6.21. The molecule has 2 saturated carbocycles. The van der Waals surface area contributed by atoms with Crippen molar-refractivity contribution in [2.45, 2.75) is 56.9 Å². The Kier molecular flexibility index (Phi) is 3.80. The number of hydrogen-bond acceptors (Lipinski definition) is 3. The summed E-state index contributed by atoms with van der Waals surface area (Å²) in [6.45, 7) is 3.09. The molecule has 0 aromatic carbocycles. The zero-order chi connectivity index (χ0) is 14.2. The second kappa shape index (κ2) is 5.30. The van der Waals surface area contributed by atoms with Crippen LogP contribution in [0.25, 0.3) is 0 Å². The maximum atomic E-state index is 12.0. The van der Waals surface area contributed by atoms with Crippen LogP contribution in [-0.4, -0.2) is 43.0 Å². The van der Waals surface area contributed by atoms with E-state index in [2.05, 4.69) is 10.2 Å².